The monoisotopic (exact) mass is 353 g/mol. The third kappa shape index (κ3) is 2.66. The Morgan fingerprint density at radius 2 is 2.22 bits per heavy atom. The highest BCUT2D eigenvalue weighted by atomic mass is 35.5. The van der Waals surface area contributed by atoms with Gasteiger partial charge in [-0.3, -0.25) is 0 Å². The number of ether oxygens (including phenoxy) is 1. The second-order valence-corrected chi connectivity index (χ2v) is 5.66. The van der Waals surface area contributed by atoms with E-state index in [1.165, 1.54) is 4.68 Å². The van der Waals surface area contributed by atoms with Gasteiger partial charge in [-0.2, -0.15) is 4.68 Å². The van der Waals surface area contributed by atoms with Gasteiger partial charge < -0.3 is 10.1 Å². The third-order valence-corrected chi connectivity index (χ3v) is 4.32. The van der Waals surface area contributed by atoms with Crippen LogP contribution in [0.25, 0.3) is 0 Å². The number of tetrazole rings is 1. The van der Waals surface area contributed by atoms with Crippen LogP contribution in [0.4, 0.5) is 5.95 Å². The lowest BCUT2D eigenvalue weighted by Crippen LogP contribution is -2.30. The number of benzene rings is 1. The molecule has 9 heteroatoms. The van der Waals surface area contributed by atoms with Gasteiger partial charge >= 0.3 is 5.97 Å². The lowest BCUT2D eigenvalue weighted by molar-refractivity contribution is -0.139. The molecule has 1 unspecified atom stereocenters. The zero-order valence-corrected chi connectivity index (χ0v) is 13.9. The zero-order chi connectivity index (χ0) is 16.6. The minimum absolute atomic E-state index is 0.258. The highest BCUT2D eigenvalue weighted by molar-refractivity contribution is 6.42. The van der Waals surface area contributed by atoms with Crippen LogP contribution >= 0.6 is 23.2 Å². The molecule has 0 aliphatic carbocycles. The maximum Gasteiger partial charge on any atom is 0.338 e. The Balaban J connectivity index is 2.21. The van der Waals surface area contributed by atoms with E-state index in [2.05, 4.69) is 20.8 Å². The third-order valence-electron chi connectivity index (χ3n) is 3.49. The number of rotatable bonds is 3. The van der Waals surface area contributed by atoms with Gasteiger partial charge in [0.05, 0.1) is 22.2 Å². The number of halogens is 2. The quantitative estimate of drug-likeness (QED) is 0.854. The summed E-state index contributed by atoms with van der Waals surface area (Å²) in [5.41, 5.74) is 1.61. The number of esters is 1. The van der Waals surface area contributed by atoms with Gasteiger partial charge in [0.15, 0.2) is 0 Å². The van der Waals surface area contributed by atoms with Crippen molar-refractivity contribution < 1.29 is 9.53 Å². The molecule has 0 radical (unpaired) electrons. The minimum Gasteiger partial charge on any atom is -0.463 e. The number of fused-ring (bicyclic) bond motifs is 1. The van der Waals surface area contributed by atoms with E-state index >= 15 is 0 Å². The van der Waals surface area contributed by atoms with E-state index in [1.807, 2.05) is 0 Å². The Kier molecular flexibility index (Phi) is 4.23. The van der Waals surface area contributed by atoms with Gasteiger partial charge in [-0.05, 0) is 30.3 Å². The van der Waals surface area contributed by atoms with E-state index in [9.17, 15) is 4.79 Å². The number of nitrogens with one attached hydrogen (secondary N) is 1. The molecular weight excluding hydrogens is 341 g/mol. The van der Waals surface area contributed by atoms with E-state index in [4.69, 9.17) is 27.9 Å². The van der Waals surface area contributed by atoms with Crippen molar-refractivity contribution in [2.24, 2.45) is 0 Å². The molecule has 1 N–H and O–H groups in total. The average Bonchev–Trinajstić information content (AvgIpc) is 2.97. The molecule has 7 nitrogen and oxygen atoms in total. The van der Waals surface area contributed by atoms with Crippen LogP contribution in [0, 0.1) is 0 Å². The van der Waals surface area contributed by atoms with Crippen molar-refractivity contribution in [2.45, 2.75) is 19.9 Å². The normalized spacial score (nSPS) is 16.8. The Morgan fingerprint density at radius 1 is 1.43 bits per heavy atom. The van der Waals surface area contributed by atoms with Gasteiger partial charge in [-0.15, -0.1) is 0 Å². The predicted molar refractivity (Wildman–Crippen MR) is 85.4 cm³/mol. The second kappa shape index (κ2) is 6.17. The second-order valence-electron chi connectivity index (χ2n) is 4.88. The lowest BCUT2D eigenvalue weighted by atomic mass is 9.95. The first-order valence-corrected chi connectivity index (χ1v) is 7.66. The molecule has 0 amide bonds. The molecule has 0 spiro atoms. The van der Waals surface area contributed by atoms with Crippen molar-refractivity contribution in [3.63, 3.8) is 0 Å². The van der Waals surface area contributed by atoms with Crippen molar-refractivity contribution in [1.29, 1.82) is 0 Å². The molecule has 1 aromatic heterocycles. The standard InChI is InChI=1S/C14H13Cl2N5O2/c1-3-23-13(22)10-7(2)17-14-18-19-20-21(14)12(10)8-5-4-6-9(15)11(8)16/h4-6,12H,3H2,1-2H3,(H,17,18,20). The van der Waals surface area contributed by atoms with E-state index < -0.39 is 12.0 Å². The van der Waals surface area contributed by atoms with Crippen molar-refractivity contribution in [1.82, 2.24) is 20.2 Å². The molecule has 120 valence electrons. The Morgan fingerprint density at radius 3 is 2.96 bits per heavy atom. The number of hydrogen-bond acceptors (Lipinski definition) is 6. The molecule has 2 heterocycles. The fourth-order valence-corrected chi connectivity index (χ4v) is 2.92. The van der Waals surface area contributed by atoms with Crippen LogP contribution in [0.1, 0.15) is 25.5 Å². The lowest BCUT2D eigenvalue weighted by Gasteiger charge is -2.28. The molecule has 0 bridgehead atoms. The minimum atomic E-state index is -0.619. The van der Waals surface area contributed by atoms with Crippen LogP contribution in [0.5, 0.6) is 0 Å². The van der Waals surface area contributed by atoms with Gasteiger partial charge in [0, 0.05) is 11.3 Å². The SMILES string of the molecule is CCOC(=O)C1=C(C)Nc2nnnn2C1c1cccc(Cl)c1Cl. The molecule has 1 aliphatic heterocycles. The van der Waals surface area contributed by atoms with Crippen LogP contribution in [-0.2, 0) is 9.53 Å². The predicted octanol–water partition coefficient (Wildman–Crippen LogP) is 2.83. The van der Waals surface area contributed by atoms with Crippen LogP contribution in [0.15, 0.2) is 29.5 Å². The van der Waals surface area contributed by atoms with Crippen molar-refractivity contribution in [3.05, 3.63) is 45.1 Å². The fraction of sp³-hybridized carbons (Fsp3) is 0.286. The molecule has 1 atom stereocenters. The maximum absolute atomic E-state index is 12.4. The first-order valence-electron chi connectivity index (χ1n) is 6.91. The smallest absolute Gasteiger partial charge is 0.338 e. The summed E-state index contributed by atoms with van der Waals surface area (Å²) in [6.07, 6.45) is 0. The average molecular weight is 354 g/mol. The summed E-state index contributed by atoms with van der Waals surface area (Å²) in [6, 6.07) is 4.59. The highest BCUT2D eigenvalue weighted by Crippen LogP contribution is 2.39. The van der Waals surface area contributed by atoms with Gasteiger partial charge in [0.25, 0.3) is 0 Å². The molecule has 0 saturated carbocycles. The number of nitrogens with zero attached hydrogens (tertiary/aromatic N) is 4. The van der Waals surface area contributed by atoms with Crippen molar-refractivity contribution >= 4 is 35.1 Å². The van der Waals surface area contributed by atoms with Crippen molar-refractivity contribution in [2.75, 3.05) is 11.9 Å². The summed E-state index contributed by atoms with van der Waals surface area (Å²) in [6.45, 7) is 3.76. The number of hydrogen-bond donors (Lipinski definition) is 1. The van der Waals surface area contributed by atoms with E-state index in [0.29, 0.717) is 32.8 Å². The molecule has 0 saturated heterocycles. The molecule has 0 fully saturated rings. The van der Waals surface area contributed by atoms with Gasteiger partial charge in [-0.25, -0.2) is 4.79 Å². The van der Waals surface area contributed by atoms with E-state index in [0.717, 1.165) is 0 Å². The van der Waals surface area contributed by atoms with Gasteiger partial charge in [0.2, 0.25) is 5.95 Å². The summed E-state index contributed by atoms with van der Waals surface area (Å²) < 4.78 is 6.65. The fourth-order valence-electron chi connectivity index (χ4n) is 2.50. The summed E-state index contributed by atoms with van der Waals surface area (Å²) in [7, 11) is 0. The number of carbonyl (C=O) groups excluding carboxylic acids is 1. The van der Waals surface area contributed by atoms with Gasteiger partial charge in [-0.1, -0.05) is 40.4 Å². The number of carbonyl (C=O) groups is 1. The largest absolute Gasteiger partial charge is 0.463 e. The molecule has 23 heavy (non-hydrogen) atoms. The molecule has 1 aromatic carbocycles. The number of aromatic nitrogens is 4. The molecule has 3 rings (SSSR count). The molecule has 2 aromatic rings. The maximum atomic E-state index is 12.4. The Bertz CT molecular complexity index is 802. The zero-order valence-electron chi connectivity index (χ0n) is 12.4. The molecule has 1 aliphatic rings. The summed E-state index contributed by atoms with van der Waals surface area (Å²) in [5, 5.41) is 15.2. The summed E-state index contributed by atoms with van der Waals surface area (Å²) >= 11 is 12.5. The van der Waals surface area contributed by atoms with Gasteiger partial charge in [0.1, 0.15) is 6.04 Å². The van der Waals surface area contributed by atoms with E-state index in [-0.39, 0.29) is 6.61 Å². The summed E-state index contributed by atoms with van der Waals surface area (Å²) in [4.78, 5) is 12.4. The first-order chi connectivity index (χ1) is 11.0. The van der Waals surface area contributed by atoms with Crippen LogP contribution in [0.2, 0.25) is 10.0 Å². The number of allylic oxidation sites excluding steroid dienone is 1. The van der Waals surface area contributed by atoms with Crippen LogP contribution in [0.3, 0.4) is 0 Å². The number of anilines is 1. The molecular formula is C14H13Cl2N5O2. The highest BCUT2D eigenvalue weighted by Gasteiger charge is 2.36. The topological polar surface area (TPSA) is 81.9 Å². The van der Waals surface area contributed by atoms with Crippen molar-refractivity contribution in [3.8, 4) is 0 Å². The van der Waals surface area contributed by atoms with Crippen LogP contribution < -0.4 is 5.32 Å². The first kappa shape index (κ1) is 15.8. The van der Waals surface area contributed by atoms with Crippen LogP contribution in [-0.4, -0.2) is 32.8 Å². The Labute approximate surface area is 142 Å². The van der Waals surface area contributed by atoms with E-state index in [1.54, 1.807) is 32.0 Å². The summed E-state index contributed by atoms with van der Waals surface area (Å²) in [5.74, 6) is -0.0451. The Hall–Kier alpha value is -2.12.